The predicted octanol–water partition coefficient (Wildman–Crippen LogP) is 2.16. The fourth-order valence-corrected chi connectivity index (χ4v) is 2.73. The van der Waals surface area contributed by atoms with Gasteiger partial charge in [0.05, 0.1) is 22.7 Å². The van der Waals surface area contributed by atoms with Crippen LogP contribution in [0.25, 0.3) is 0 Å². The summed E-state index contributed by atoms with van der Waals surface area (Å²) in [7, 11) is 0. The molecule has 2 rings (SSSR count). The van der Waals surface area contributed by atoms with E-state index < -0.39 is 0 Å². The normalized spacial score (nSPS) is 21.4. The van der Waals surface area contributed by atoms with E-state index in [1.807, 2.05) is 12.3 Å². The van der Waals surface area contributed by atoms with Crippen LogP contribution < -0.4 is 10.6 Å². The number of halogens is 2. The molecule has 1 aromatic rings. The molecule has 1 aromatic heterocycles. The van der Waals surface area contributed by atoms with E-state index in [0.29, 0.717) is 6.54 Å². The number of hydrogen-bond donors (Lipinski definition) is 2. The molecule has 1 amide bonds. The summed E-state index contributed by atoms with van der Waals surface area (Å²) in [6, 6.07) is 0. The SMILES string of the molecule is CCc1nc(CNC(=O)C2(C)CCNC2)cs1.Cl.Cl. The molecule has 19 heavy (non-hydrogen) atoms. The van der Waals surface area contributed by atoms with Crippen LogP contribution in [-0.2, 0) is 17.8 Å². The molecular weight excluding hydrogens is 305 g/mol. The average molecular weight is 326 g/mol. The predicted molar refractivity (Wildman–Crippen MR) is 83.4 cm³/mol. The minimum atomic E-state index is -0.246. The summed E-state index contributed by atoms with van der Waals surface area (Å²) in [5, 5.41) is 9.36. The molecule has 1 aliphatic heterocycles. The first kappa shape index (κ1) is 18.6. The van der Waals surface area contributed by atoms with E-state index in [-0.39, 0.29) is 36.1 Å². The molecule has 1 unspecified atom stereocenters. The molecular formula is C12H21Cl2N3OS. The monoisotopic (exact) mass is 325 g/mol. The van der Waals surface area contributed by atoms with Gasteiger partial charge in [-0.2, -0.15) is 0 Å². The summed E-state index contributed by atoms with van der Waals surface area (Å²) in [5.41, 5.74) is 0.721. The van der Waals surface area contributed by atoms with Crippen LogP contribution in [0.1, 0.15) is 31.0 Å². The Morgan fingerprint density at radius 2 is 2.32 bits per heavy atom. The van der Waals surface area contributed by atoms with Crippen LogP contribution in [0.5, 0.6) is 0 Å². The van der Waals surface area contributed by atoms with E-state index in [1.54, 1.807) is 11.3 Å². The van der Waals surface area contributed by atoms with Gasteiger partial charge in [-0.3, -0.25) is 4.79 Å². The highest BCUT2D eigenvalue weighted by atomic mass is 35.5. The van der Waals surface area contributed by atoms with Gasteiger partial charge in [-0.05, 0) is 26.3 Å². The minimum Gasteiger partial charge on any atom is -0.350 e. The number of hydrogen-bond acceptors (Lipinski definition) is 4. The van der Waals surface area contributed by atoms with Gasteiger partial charge in [-0.1, -0.05) is 6.92 Å². The third-order valence-corrected chi connectivity index (χ3v) is 4.29. The van der Waals surface area contributed by atoms with Gasteiger partial charge in [0.1, 0.15) is 0 Å². The van der Waals surface area contributed by atoms with Crippen molar-refractivity contribution in [2.75, 3.05) is 13.1 Å². The van der Waals surface area contributed by atoms with Crippen molar-refractivity contribution in [3.05, 3.63) is 16.1 Å². The molecule has 0 spiro atoms. The first-order valence-corrected chi connectivity index (χ1v) is 6.94. The first-order valence-electron chi connectivity index (χ1n) is 6.06. The number of thiazole rings is 1. The Bertz CT molecular complexity index is 405. The summed E-state index contributed by atoms with van der Waals surface area (Å²) >= 11 is 1.66. The van der Waals surface area contributed by atoms with Crippen molar-refractivity contribution in [1.29, 1.82) is 0 Å². The van der Waals surface area contributed by atoms with Gasteiger partial charge in [0.25, 0.3) is 0 Å². The van der Waals surface area contributed by atoms with Gasteiger partial charge >= 0.3 is 0 Å². The lowest BCUT2D eigenvalue weighted by atomic mass is 9.89. The molecule has 2 N–H and O–H groups in total. The van der Waals surface area contributed by atoms with Gasteiger partial charge in [0.15, 0.2) is 0 Å². The molecule has 110 valence electrons. The van der Waals surface area contributed by atoms with Crippen molar-refractivity contribution in [2.24, 2.45) is 5.41 Å². The standard InChI is InChI=1S/C12H19N3OS.2ClH/c1-3-10-15-9(7-17-10)6-14-11(16)12(2)4-5-13-8-12;;/h7,13H,3-6,8H2,1-2H3,(H,14,16);2*1H. The Kier molecular flexibility index (Phi) is 7.89. The molecule has 0 bridgehead atoms. The lowest BCUT2D eigenvalue weighted by Gasteiger charge is -2.20. The molecule has 1 aliphatic rings. The highest BCUT2D eigenvalue weighted by molar-refractivity contribution is 7.09. The second kappa shape index (κ2) is 8.04. The summed E-state index contributed by atoms with van der Waals surface area (Å²) in [6.07, 6.45) is 1.87. The number of rotatable bonds is 4. The van der Waals surface area contributed by atoms with Crippen molar-refractivity contribution in [1.82, 2.24) is 15.6 Å². The third kappa shape index (κ3) is 4.60. The molecule has 7 heteroatoms. The van der Waals surface area contributed by atoms with Crippen molar-refractivity contribution in [3.63, 3.8) is 0 Å². The fourth-order valence-electron chi connectivity index (χ4n) is 1.99. The Morgan fingerprint density at radius 1 is 1.58 bits per heavy atom. The van der Waals surface area contributed by atoms with E-state index in [4.69, 9.17) is 0 Å². The van der Waals surface area contributed by atoms with Gasteiger partial charge in [0.2, 0.25) is 5.91 Å². The van der Waals surface area contributed by atoms with Gasteiger partial charge in [0, 0.05) is 11.9 Å². The maximum Gasteiger partial charge on any atom is 0.227 e. The zero-order chi connectivity index (χ0) is 12.3. The van der Waals surface area contributed by atoms with Crippen LogP contribution in [0.15, 0.2) is 5.38 Å². The van der Waals surface area contributed by atoms with E-state index in [1.165, 1.54) is 0 Å². The number of carbonyl (C=O) groups is 1. The van der Waals surface area contributed by atoms with Gasteiger partial charge < -0.3 is 10.6 Å². The Labute approximate surface area is 130 Å². The van der Waals surface area contributed by atoms with Crippen LogP contribution in [0.2, 0.25) is 0 Å². The molecule has 2 heterocycles. The number of aryl methyl sites for hydroxylation is 1. The zero-order valence-corrected chi connectivity index (χ0v) is 13.6. The molecule has 0 radical (unpaired) electrons. The maximum absolute atomic E-state index is 12.0. The summed E-state index contributed by atoms with van der Waals surface area (Å²) < 4.78 is 0. The van der Waals surface area contributed by atoms with Crippen LogP contribution in [-0.4, -0.2) is 24.0 Å². The van der Waals surface area contributed by atoms with Crippen LogP contribution in [0.4, 0.5) is 0 Å². The quantitative estimate of drug-likeness (QED) is 0.892. The van der Waals surface area contributed by atoms with Crippen LogP contribution in [0.3, 0.4) is 0 Å². The maximum atomic E-state index is 12.0. The number of carbonyl (C=O) groups excluding carboxylic acids is 1. The van der Waals surface area contributed by atoms with Crippen molar-refractivity contribution in [3.8, 4) is 0 Å². The summed E-state index contributed by atoms with van der Waals surface area (Å²) in [4.78, 5) is 16.5. The Hall–Kier alpha value is -0.360. The third-order valence-electron chi connectivity index (χ3n) is 3.25. The van der Waals surface area contributed by atoms with Gasteiger partial charge in [-0.25, -0.2) is 4.98 Å². The lowest BCUT2D eigenvalue weighted by Crippen LogP contribution is -2.40. The first-order chi connectivity index (χ1) is 8.14. The van der Waals surface area contributed by atoms with Crippen LogP contribution >= 0.6 is 36.2 Å². The zero-order valence-electron chi connectivity index (χ0n) is 11.2. The number of nitrogens with one attached hydrogen (secondary N) is 2. The van der Waals surface area contributed by atoms with Crippen molar-refractivity contribution in [2.45, 2.75) is 33.2 Å². The Morgan fingerprint density at radius 3 is 2.84 bits per heavy atom. The molecule has 0 saturated carbocycles. The topological polar surface area (TPSA) is 54.0 Å². The lowest BCUT2D eigenvalue weighted by molar-refractivity contribution is -0.129. The van der Waals surface area contributed by atoms with Crippen LogP contribution in [0, 0.1) is 5.41 Å². The molecule has 4 nitrogen and oxygen atoms in total. The van der Waals surface area contributed by atoms with Crippen molar-refractivity contribution >= 4 is 42.1 Å². The summed E-state index contributed by atoms with van der Waals surface area (Å²) in [6.45, 7) is 6.36. The molecule has 1 saturated heterocycles. The summed E-state index contributed by atoms with van der Waals surface area (Å²) in [5.74, 6) is 0.133. The second-order valence-electron chi connectivity index (χ2n) is 4.76. The second-order valence-corrected chi connectivity index (χ2v) is 5.70. The minimum absolute atomic E-state index is 0. The largest absolute Gasteiger partial charge is 0.350 e. The highest BCUT2D eigenvalue weighted by Crippen LogP contribution is 2.24. The molecule has 1 atom stereocenters. The average Bonchev–Trinajstić information content (AvgIpc) is 2.95. The Balaban J connectivity index is 0.00000162. The van der Waals surface area contributed by atoms with E-state index in [0.717, 1.165) is 36.6 Å². The van der Waals surface area contributed by atoms with Gasteiger partial charge in [-0.15, -0.1) is 36.2 Å². The van der Waals surface area contributed by atoms with E-state index in [9.17, 15) is 4.79 Å². The molecule has 1 fully saturated rings. The number of amides is 1. The fraction of sp³-hybridized carbons (Fsp3) is 0.667. The number of nitrogens with zero attached hydrogens (tertiary/aromatic N) is 1. The smallest absolute Gasteiger partial charge is 0.227 e. The molecule has 0 aliphatic carbocycles. The van der Waals surface area contributed by atoms with Crippen molar-refractivity contribution < 1.29 is 4.79 Å². The van der Waals surface area contributed by atoms with E-state index >= 15 is 0 Å². The number of aromatic nitrogens is 1. The molecule has 0 aromatic carbocycles. The van der Waals surface area contributed by atoms with E-state index in [2.05, 4.69) is 22.5 Å². The highest BCUT2D eigenvalue weighted by Gasteiger charge is 2.35.